The number of hydrogen-bond acceptors (Lipinski definition) is 6. The lowest BCUT2D eigenvalue weighted by atomic mass is 9.40. The van der Waals surface area contributed by atoms with E-state index < -0.39 is 28.3 Å². The lowest BCUT2D eigenvalue weighted by molar-refractivity contribution is -0.171. The van der Waals surface area contributed by atoms with Crippen molar-refractivity contribution >= 4 is 17.7 Å². The molecule has 3 fully saturated rings. The molecule has 5 unspecified atom stereocenters. The zero-order valence-electron chi connectivity index (χ0n) is 14.5. The molecule has 1 saturated carbocycles. The van der Waals surface area contributed by atoms with E-state index >= 15 is 0 Å². The van der Waals surface area contributed by atoms with Crippen LogP contribution in [-0.2, 0) is 23.9 Å². The third kappa shape index (κ3) is 1.57. The van der Waals surface area contributed by atoms with Crippen LogP contribution in [0.2, 0.25) is 0 Å². The number of hydrogen-bond donors (Lipinski definition) is 0. The molecule has 1 aromatic heterocycles. The maximum atomic E-state index is 13.1. The molecule has 0 radical (unpaired) electrons. The molecule has 0 N–H and O–H groups in total. The summed E-state index contributed by atoms with van der Waals surface area (Å²) >= 11 is 0. The lowest BCUT2D eigenvalue weighted by Gasteiger charge is -2.57. The van der Waals surface area contributed by atoms with Crippen molar-refractivity contribution in [2.24, 2.45) is 22.2 Å². The highest BCUT2D eigenvalue weighted by Gasteiger charge is 2.75. The van der Waals surface area contributed by atoms with Gasteiger partial charge in [-0.25, -0.2) is 0 Å². The molecule has 2 spiro atoms. The minimum Gasteiger partial charge on any atom is -0.472 e. The molecule has 0 aromatic carbocycles. The Kier molecular flexibility index (Phi) is 2.97. The molecular weight excluding hydrogens is 336 g/mol. The molecular formula is C20H20O6. The largest absolute Gasteiger partial charge is 0.472 e. The van der Waals surface area contributed by atoms with Gasteiger partial charge in [-0.1, -0.05) is 19.4 Å². The van der Waals surface area contributed by atoms with Crippen molar-refractivity contribution in [3.8, 4) is 0 Å². The molecule has 136 valence electrons. The van der Waals surface area contributed by atoms with Gasteiger partial charge in [-0.2, -0.15) is 0 Å². The van der Waals surface area contributed by atoms with E-state index in [4.69, 9.17) is 13.9 Å². The van der Waals surface area contributed by atoms with Crippen LogP contribution < -0.4 is 0 Å². The maximum absolute atomic E-state index is 13.1. The number of ether oxygens (including phenoxy) is 2. The van der Waals surface area contributed by atoms with Crippen molar-refractivity contribution in [1.29, 1.82) is 0 Å². The molecule has 4 aliphatic rings. The van der Waals surface area contributed by atoms with Crippen LogP contribution in [0.3, 0.4) is 0 Å². The van der Waals surface area contributed by atoms with Gasteiger partial charge in [0, 0.05) is 17.4 Å². The zero-order chi connectivity index (χ0) is 18.2. The summed E-state index contributed by atoms with van der Waals surface area (Å²) < 4.78 is 16.2. The van der Waals surface area contributed by atoms with Crippen LogP contribution in [0.1, 0.15) is 44.3 Å². The number of carbonyl (C=O) groups excluding carboxylic acids is 3. The molecule has 3 heterocycles. The summed E-state index contributed by atoms with van der Waals surface area (Å²) in [5.74, 6) is -1.21. The van der Waals surface area contributed by atoms with Crippen molar-refractivity contribution < 1.29 is 28.3 Å². The summed E-state index contributed by atoms with van der Waals surface area (Å²) in [7, 11) is 0. The van der Waals surface area contributed by atoms with Gasteiger partial charge in [-0.15, -0.1) is 0 Å². The Hall–Kier alpha value is -2.37. The molecule has 5 atom stereocenters. The average molecular weight is 356 g/mol. The number of furan rings is 1. The Bertz CT molecular complexity index is 838. The highest BCUT2D eigenvalue weighted by atomic mass is 16.6. The molecule has 6 nitrogen and oxygen atoms in total. The van der Waals surface area contributed by atoms with Crippen molar-refractivity contribution in [3.63, 3.8) is 0 Å². The first-order chi connectivity index (χ1) is 12.4. The molecule has 2 saturated heterocycles. The van der Waals surface area contributed by atoms with Crippen LogP contribution in [0.15, 0.2) is 35.2 Å². The van der Waals surface area contributed by atoms with Gasteiger partial charge in [0.15, 0.2) is 5.78 Å². The minimum atomic E-state index is -0.971. The van der Waals surface area contributed by atoms with Gasteiger partial charge < -0.3 is 13.9 Å². The van der Waals surface area contributed by atoms with Crippen molar-refractivity contribution in [2.45, 2.75) is 38.7 Å². The lowest BCUT2D eigenvalue weighted by Crippen LogP contribution is -2.63. The predicted molar refractivity (Wildman–Crippen MR) is 87.6 cm³/mol. The van der Waals surface area contributed by atoms with Crippen LogP contribution >= 0.6 is 0 Å². The van der Waals surface area contributed by atoms with Gasteiger partial charge in [0.25, 0.3) is 0 Å². The number of esters is 2. The summed E-state index contributed by atoms with van der Waals surface area (Å²) in [5, 5.41) is 0. The monoisotopic (exact) mass is 356 g/mol. The number of fused-ring (bicyclic) bond motifs is 1. The van der Waals surface area contributed by atoms with Crippen LogP contribution in [0, 0.1) is 22.2 Å². The average Bonchev–Trinajstić information content (AvgIpc) is 3.32. The molecule has 2 aliphatic carbocycles. The Balaban J connectivity index is 1.67. The van der Waals surface area contributed by atoms with E-state index in [2.05, 4.69) is 0 Å². The van der Waals surface area contributed by atoms with E-state index in [0.29, 0.717) is 19.3 Å². The number of cyclic esters (lactones) is 2. The Morgan fingerprint density at radius 3 is 2.85 bits per heavy atom. The smallest absolute Gasteiger partial charge is 0.317 e. The first-order valence-corrected chi connectivity index (χ1v) is 9.08. The highest BCUT2D eigenvalue weighted by molar-refractivity contribution is 6.04. The predicted octanol–water partition coefficient (Wildman–Crippen LogP) is 2.74. The molecule has 6 heteroatoms. The van der Waals surface area contributed by atoms with E-state index in [1.807, 2.05) is 6.92 Å². The van der Waals surface area contributed by atoms with E-state index in [1.165, 1.54) is 6.08 Å². The molecule has 0 amide bonds. The second kappa shape index (κ2) is 4.87. The fourth-order valence-corrected chi connectivity index (χ4v) is 5.95. The molecule has 2 aliphatic heterocycles. The highest BCUT2D eigenvalue weighted by Crippen LogP contribution is 2.70. The summed E-state index contributed by atoms with van der Waals surface area (Å²) in [4.78, 5) is 38.6. The molecule has 5 rings (SSSR count). The molecule has 0 bridgehead atoms. The standard InChI is InChI=1S/C20H20O6/c1-18-6-2-3-13-16(22)25-11-20(13,18)15(21)4-7-19(18)9-14(26-17(19)23)12-5-8-24-10-12/h4-5,7-8,10,13-14H,2-3,6,9,11H2,1H3. The third-order valence-electron chi connectivity index (χ3n) is 7.46. The van der Waals surface area contributed by atoms with E-state index in [9.17, 15) is 14.4 Å². The van der Waals surface area contributed by atoms with Crippen molar-refractivity contribution in [1.82, 2.24) is 0 Å². The quantitative estimate of drug-likeness (QED) is 0.720. The van der Waals surface area contributed by atoms with Gasteiger partial charge >= 0.3 is 11.9 Å². The van der Waals surface area contributed by atoms with Crippen LogP contribution in [-0.4, -0.2) is 24.3 Å². The van der Waals surface area contributed by atoms with Crippen LogP contribution in [0.25, 0.3) is 0 Å². The second-order valence-corrected chi connectivity index (χ2v) is 8.18. The number of rotatable bonds is 1. The SMILES string of the molecule is CC12CCCC3C(=O)OCC31C(=O)C=CC21CC(c2ccoc2)OC1=O. The summed E-state index contributed by atoms with van der Waals surface area (Å²) in [6.07, 6.45) is 8.48. The maximum Gasteiger partial charge on any atom is 0.317 e. The second-order valence-electron chi connectivity index (χ2n) is 8.18. The molecule has 26 heavy (non-hydrogen) atoms. The third-order valence-corrected chi connectivity index (χ3v) is 7.46. The van der Waals surface area contributed by atoms with Crippen LogP contribution in [0.5, 0.6) is 0 Å². The van der Waals surface area contributed by atoms with Gasteiger partial charge in [-0.3, -0.25) is 14.4 Å². The van der Waals surface area contributed by atoms with Crippen molar-refractivity contribution in [3.05, 3.63) is 36.3 Å². The number of ketones is 1. The minimum absolute atomic E-state index is 0.0571. The van der Waals surface area contributed by atoms with Gasteiger partial charge in [0.2, 0.25) is 0 Å². The first-order valence-electron chi connectivity index (χ1n) is 9.08. The number of carbonyl (C=O) groups is 3. The van der Waals surface area contributed by atoms with E-state index in [0.717, 1.165) is 12.0 Å². The summed E-state index contributed by atoms with van der Waals surface area (Å²) in [6.45, 7) is 2.03. The first kappa shape index (κ1) is 15.9. The Morgan fingerprint density at radius 2 is 2.08 bits per heavy atom. The Morgan fingerprint density at radius 1 is 1.23 bits per heavy atom. The normalized spacial score (nSPS) is 44.0. The van der Waals surface area contributed by atoms with Crippen molar-refractivity contribution in [2.75, 3.05) is 6.61 Å². The van der Waals surface area contributed by atoms with Gasteiger partial charge in [0.05, 0.1) is 29.3 Å². The summed E-state index contributed by atoms with van der Waals surface area (Å²) in [5.41, 5.74) is -1.81. The Labute approximate surface area is 150 Å². The zero-order valence-corrected chi connectivity index (χ0v) is 14.5. The van der Waals surface area contributed by atoms with Crippen LogP contribution in [0.4, 0.5) is 0 Å². The molecule has 1 aromatic rings. The van der Waals surface area contributed by atoms with E-state index in [-0.39, 0.29) is 24.3 Å². The van der Waals surface area contributed by atoms with E-state index in [1.54, 1.807) is 24.7 Å². The topological polar surface area (TPSA) is 82.8 Å². The van der Waals surface area contributed by atoms with Gasteiger partial charge in [-0.05, 0) is 25.0 Å². The van der Waals surface area contributed by atoms with Gasteiger partial charge in [0.1, 0.15) is 12.7 Å². The summed E-state index contributed by atoms with van der Waals surface area (Å²) in [6, 6.07) is 1.79. The number of allylic oxidation sites excluding steroid dienone is 1. The fourth-order valence-electron chi connectivity index (χ4n) is 5.95. The fraction of sp³-hybridized carbons (Fsp3) is 0.550.